The van der Waals surface area contributed by atoms with Crippen LogP contribution in [0, 0.1) is 5.92 Å². The summed E-state index contributed by atoms with van der Waals surface area (Å²) in [6, 6.07) is 7.91. The topological polar surface area (TPSA) is 55.7 Å². The zero-order chi connectivity index (χ0) is 19.0. The van der Waals surface area contributed by atoms with Gasteiger partial charge in [0, 0.05) is 33.8 Å². The summed E-state index contributed by atoms with van der Waals surface area (Å²) in [5.74, 6) is -0.931. The maximum absolute atomic E-state index is 13.2. The normalized spacial score (nSPS) is 26.0. The number of hydrogen-bond acceptors (Lipinski definition) is 4. The Morgan fingerprint density at radius 3 is 2.52 bits per heavy atom. The molecule has 1 aromatic carbocycles. The predicted molar refractivity (Wildman–Crippen MR) is 108 cm³/mol. The highest BCUT2D eigenvalue weighted by atomic mass is 79.9. The summed E-state index contributed by atoms with van der Waals surface area (Å²) < 4.78 is 6.82. The Balaban J connectivity index is 1.74. The van der Waals surface area contributed by atoms with Gasteiger partial charge in [-0.15, -0.1) is 0 Å². The largest absolute Gasteiger partial charge is 0.462 e. The summed E-state index contributed by atoms with van der Waals surface area (Å²) in [6.07, 6.45) is 6.27. The van der Waals surface area contributed by atoms with Crippen LogP contribution in [0.3, 0.4) is 0 Å². The molecule has 1 unspecified atom stereocenters. The molecule has 27 heavy (non-hydrogen) atoms. The monoisotopic (exact) mass is 429 g/mol. The fourth-order valence-corrected chi connectivity index (χ4v) is 4.85. The first kappa shape index (κ1) is 18.6. The van der Waals surface area contributed by atoms with E-state index in [9.17, 15) is 9.59 Å². The Morgan fingerprint density at radius 1 is 1.11 bits per heavy atom. The van der Waals surface area contributed by atoms with Crippen LogP contribution in [0.1, 0.15) is 63.4 Å². The molecular formula is C22H24BrNO3. The first-order valence-corrected chi connectivity index (χ1v) is 10.6. The highest BCUT2D eigenvalue weighted by Gasteiger charge is 2.43. The maximum Gasteiger partial charge on any atom is 0.315 e. The Kier molecular flexibility index (Phi) is 5.31. The van der Waals surface area contributed by atoms with E-state index in [0.29, 0.717) is 6.42 Å². The molecule has 2 aliphatic carbocycles. The van der Waals surface area contributed by atoms with Crippen LogP contribution in [0.15, 0.2) is 45.0 Å². The molecular weight excluding hydrogens is 406 g/mol. The van der Waals surface area contributed by atoms with Crippen molar-refractivity contribution in [3.8, 4) is 0 Å². The number of ether oxygens (including phenoxy) is 1. The SMILES string of the molecule is CC1=NC2=C(C(=O)CCC2)[C@@H](c2ccc(Br)cc2)C1C(=O)OC1CCCC1. The van der Waals surface area contributed by atoms with Crippen LogP contribution in [0.2, 0.25) is 0 Å². The summed E-state index contributed by atoms with van der Waals surface area (Å²) in [7, 11) is 0. The molecule has 5 heteroatoms. The molecule has 1 fully saturated rings. The minimum Gasteiger partial charge on any atom is -0.462 e. The van der Waals surface area contributed by atoms with Crippen molar-refractivity contribution >= 4 is 33.4 Å². The van der Waals surface area contributed by atoms with Crippen LogP contribution < -0.4 is 0 Å². The third-order valence-electron chi connectivity index (χ3n) is 5.90. The maximum atomic E-state index is 13.2. The van der Waals surface area contributed by atoms with Crippen LogP contribution in [0.25, 0.3) is 0 Å². The lowest BCUT2D eigenvalue weighted by Gasteiger charge is -2.35. The number of benzene rings is 1. The fraction of sp³-hybridized carbons (Fsp3) is 0.500. The van der Waals surface area contributed by atoms with Gasteiger partial charge in [0.25, 0.3) is 0 Å². The molecule has 1 aromatic rings. The average molecular weight is 430 g/mol. The molecule has 0 bridgehead atoms. The standard InChI is InChI=1S/C22H24BrNO3/c1-13-19(22(26)27-16-5-2-3-6-16)20(14-9-11-15(23)12-10-14)21-17(24-13)7-4-8-18(21)25/h9-12,16,19-20H,2-8H2,1H3/t19?,20-/m0/s1. The molecule has 3 aliphatic rings. The van der Waals surface area contributed by atoms with Crippen molar-refractivity contribution in [2.24, 2.45) is 10.9 Å². The van der Waals surface area contributed by atoms with E-state index in [1.807, 2.05) is 31.2 Å². The second-order valence-corrected chi connectivity index (χ2v) is 8.66. The second-order valence-electron chi connectivity index (χ2n) is 7.74. The Labute approximate surface area is 168 Å². The van der Waals surface area contributed by atoms with E-state index in [1.54, 1.807) is 0 Å². The van der Waals surface area contributed by atoms with Gasteiger partial charge in [0.1, 0.15) is 12.0 Å². The molecule has 4 rings (SSSR count). The van der Waals surface area contributed by atoms with Crippen LogP contribution in [-0.4, -0.2) is 23.6 Å². The fourth-order valence-electron chi connectivity index (χ4n) is 4.59. The Bertz CT molecular complexity index is 818. The van der Waals surface area contributed by atoms with Crippen LogP contribution in [0.5, 0.6) is 0 Å². The number of hydrogen-bond donors (Lipinski definition) is 0. The van der Waals surface area contributed by atoms with Gasteiger partial charge in [-0.25, -0.2) is 0 Å². The molecule has 0 aromatic heterocycles. The van der Waals surface area contributed by atoms with Crippen molar-refractivity contribution in [1.29, 1.82) is 0 Å². The average Bonchev–Trinajstić information content (AvgIpc) is 3.14. The van der Waals surface area contributed by atoms with Gasteiger partial charge < -0.3 is 4.74 Å². The first-order chi connectivity index (χ1) is 13.0. The van der Waals surface area contributed by atoms with Crippen LogP contribution >= 0.6 is 15.9 Å². The van der Waals surface area contributed by atoms with Gasteiger partial charge in [-0.2, -0.15) is 0 Å². The van der Waals surface area contributed by atoms with Gasteiger partial charge in [0.2, 0.25) is 0 Å². The highest BCUT2D eigenvalue weighted by Crippen LogP contribution is 2.44. The van der Waals surface area contributed by atoms with Gasteiger partial charge in [-0.1, -0.05) is 28.1 Å². The van der Waals surface area contributed by atoms with E-state index in [0.717, 1.165) is 65.5 Å². The summed E-state index contributed by atoms with van der Waals surface area (Å²) in [6.45, 7) is 1.90. The van der Waals surface area contributed by atoms with E-state index in [2.05, 4.69) is 15.9 Å². The number of halogens is 1. The Morgan fingerprint density at radius 2 is 1.81 bits per heavy atom. The number of aliphatic imine (C=N–C) groups is 1. The number of carbonyl (C=O) groups is 2. The zero-order valence-electron chi connectivity index (χ0n) is 15.5. The van der Waals surface area contributed by atoms with E-state index < -0.39 is 5.92 Å². The third kappa shape index (κ3) is 3.66. The van der Waals surface area contributed by atoms with E-state index in [1.165, 1.54) is 0 Å². The quantitative estimate of drug-likeness (QED) is 0.626. The lowest BCUT2D eigenvalue weighted by molar-refractivity contribution is -0.151. The minimum absolute atomic E-state index is 0.00769. The molecule has 1 heterocycles. The molecule has 0 spiro atoms. The smallest absolute Gasteiger partial charge is 0.315 e. The molecule has 4 nitrogen and oxygen atoms in total. The van der Waals surface area contributed by atoms with Gasteiger partial charge in [-0.3, -0.25) is 14.6 Å². The third-order valence-corrected chi connectivity index (χ3v) is 6.43. The number of ketones is 1. The van der Waals surface area contributed by atoms with Gasteiger partial charge >= 0.3 is 5.97 Å². The minimum atomic E-state index is -0.521. The van der Waals surface area contributed by atoms with Gasteiger partial charge in [-0.05, 0) is 63.1 Å². The van der Waals surface area contributed by atoms with Gasteiger partial charge in [0.15, 0.2) is 5.78 Å². The summed E-state index contributed by atoms with van der Waals surface area (Å²) >= 11 is 3.47. The predicted octanol–water partition coefficient (Wildman–Crippen LogP) is 5.12. The molecule has 1 saturated carbocycles. The van der Waals surface area contributed by atoms with Gasteiger partial charge in [0.05, 0.1) is 0 Å². The molecule has 0 radical (unpaired) electrons. The summed E-state index contributed by atoms with van der Waals surface area (Å²) in [4.78, 5) is 30.7. The van der Waals surface area contributed by atoms with Crippen molar-refractivity contribution in [1.82, 2.24) is 0 Å². The molecule has 142 valence electrons. The first-order valence-electron chi connectivity index (χ1n) is 9.82. The van der Waals surface area contributed by atoms with Crippen LogP contribution in [0.4, 0.5) is 0 Å². The zero-order valence-corrected chi connectivity index (χ0v) is 17.1. The van der Waals surface area contributed by atoms with Crippen molar-refractivity contribution in [2.75, 3.05) is 0 Å². The number of carbonyl (C=O) groups excluding carboxylic acids is 2. The summed E-state index contributed by atoms with van der Waals surface area (Å²) in [5, 5.41) is 0. The number of nitrogens with zero attached hydrogens (tertiary/aromatic N) is 1. The number of esters is 1. The molecule has 2 atom stereocenters. The van der Waals surface area contributed by atoms with E-state index in [-0.39, 0.29) is 23.8 Å². The Hall–Kier alpha value is -1.75. The van der Waals surface area contributed by atoms with Crippen molar-refractivity contribution < 1.29 is 14.3 Å². The number of rotatable bonds is 3. The van der Waals surface area contributed by atoms with E-state index >= 15 is 0 Å². The molecule has 0 amide bonds. The molecule has 1 aliphatic heterocycles. The lowest BCUT2D eigenvalue weighted by Crippen LogP contribution is -2.38. The van der Waals surface area contributed by atoms with Crippen molar-refractivity contribution in [2.45, 2.75) is 63.9 Å². The number of allylic oxidation sites excluding steroid dienone is 2. The molecule has 0 N–H and O–H groups in total. The van der Waals surface area contributed by atoms with Crippen molar-refractivity contribution in [3.63, 3.8) is 0 Å². The van der Waals surface area contributed by atoms with Crippen LogP contribution in [-0.2, 0) is 14.3 Å². The lowest BCUT2D eigenvalue weighted by atomic mass is 9.72. The van der Waals surface area contributed by atoms with E-state index in [4.69, 9.17) is 9.73 Å². The summed E-state index contributed by atoms with van der Waals surface area (Å²) in [5.41, 5.74) is 3.33. The number of Topliss-reactive ketones (excluding diaryl/α,β-unsaturated/α-hetero) is 1. The molecule has 0 saturated heterocycles. The highest BCUT2D eigenvalue weighted by molar-refractivity contribution is 9.10. The second kappa shape index (κ2) is 7.70. The van der Waals surface area contributed by atoms with Crippen molar-refractivity contribution in [3.05, 3.63) is 45.6 Å².